The number of aliphatic carboxylic acids is 1. The van der Waals surface area contributed by atoms with E-state index < -0.39 is 5.97 Å². The molecule has 4 atom stereocenters. The van der Waals surface area contributed by atoms with Gasteiger partial charge in [0.2, 0.25) is 0 Å². The lowest BCUT2D eigenvalue weighted by Gasteiger charge is -2.28. The van der Waals surface area contributed by atoms with Crippen molar-refractivity contribution in [3.05, 3.63) is 0 Å². The van der Waals surface area contributed by atoms with Crippen molar-refractivity contribution in [2.24, 2.45) is 17.8 Å². The Morgan fingerprint density at radius 3 is 2.80 bits per heavy atom. The molecule has 0 saturated heterocycles. The maximum Gasteiger partial charge on any atom is 0.309 e. The van der Waals surface area contributed by atoms with E-state index in [1.165, 1.54) is 6.42 Å². The van der Waals surface area contributed by atoms with Crippen LogP contribution in [0.25, 0.3) is 0 Å². The smallest absolute Gasteiger partial charge is 0.309 e. The molecular formula is C12H20O3. The number of carbonyl (C=O) groups is 1. The average molecular weight is 212 g/mol. The van der Waals surface area contributed by atoms with E-state index in [4.69, 9.17) is 4.74 Å². The summed E-state index contributed by atoms with van der Waals surface area (Å²) in [6.07, 6.45) is 5.50. The van der Waals surface area contributed by atoms with Gasteiger partial charge in [-0.3, -0.25) is 4.79 Å². The predicted octanol–water partition coefficient (Wildman–Crippen LogP) is 2.30. The molecule has 0 spiro atoms. The van der Waals surface area contributed by atoms with Gasteiger partial charge in [0.15, 0.2) is 0 Å². The highest BCUT2D eigenvalue weighted by Crippen LogP contribution is 2.49. The molecule has 3 heteroatoms. The molecule has 2 aliphatic carbocycles. The van der Waals surface area contributed by atoms with Crippen LogP contribution in [-0.2, 0) is 9.53 Å². The number of hydrogen-bond acceptors (Lipinski definition) is 2. The lowest BCUT2D eigenvalue weighted by atomic mass is 9.86. The minimum absolute atomic E-state index is 0.00722. The van der Waals surface area contributed by atoms with Gasteiger partial charge in [-0.1, -0.05) is 13.3 Å². The summed E-state index contributed by atoms with van der Waals surface area (Å²) in [6.45, 7) is 2.85. The lowest BCUT2D eigenvalue weighted by Crippen LogP contribution is -2.36. The summed E-state index contributed by atoms with van der Waals surface area (Å²) in [7, 11) is 0. The minimum Gasteiger partial charge on any atom is -0.481 e. The second-order valence-electron chi connectivity index (χ2n) is 4.89. The molecular weight excluding hydrogens is 192 g/mol. The van der Waals surface area contributed by atoms with Gasteiger partial charge < -0.3 is 9.84 Å². The quantitative estimate of drug-likeness (QED) is 0.711. The van der Waals surface area contributed by atoms with E-state index in [9.17, 15) is 9.90 Å². The van der Waals surface area contributed by atoms with E-state index in [-0.39, 0.29) is 12.0 Å². The van der Waals surface area contributed by atoms with Crippen LogP contribution in [0.15, 0.2) is 0 Å². The SMILES string of the molecule is CCCCOC1C2CCC(C2)C1C(=O)O. The van der Waals surface area contributed by atoms with Crippen LogP contribution < -0.4 is 0 Å². The van der Waals surface area contributed by atoms with Gasteiger partial charge in [-0.25, -0.2) is 0 Å². The first kappa shape index (κ1) is 10.9. The molecule has 4 unspecified atom stereocenters. The largest absolute Gasteiger partial charge is 0.481 e. The summed E-state index contributed by atoms with van der Waals surface area (Å²) >= 11 is 0. The van der Waals surface area contributed by atoms with Crippen LogP contribution in [-0.4, -0.2) is 23.8 Å². The number of hydrogen-bond donors (Lipinski definition) is 1. The maximum atomic E-state index is 11.2. The zero-order chi connectivity index (χ0) is 10.8. The zero-order valence-corrected chi connectivity index (χ0v) is 9.32. The molecule has 2 bridgehead atoms. The Balaban J connectivity index is 1.93. The Labute approximate surface area is 90.8 Å². The fourth-order valence-corrected chi connectivity index (χ4v) is 3.18. The number of rotatable bonds is 5. The topological polar surface area (TPSA) is 46.5 Å². The molecule has 0 aromatic heterocycles. The second kappa shape index (κ2) is 4.52. The highest BCUT2D eigenvalue weighted by molar-refractivity contribution is 5.72. The number of carboxylic acids is 1. The summed E-state index contributed by atoms with van der Waals surface area (Å²) in [5.41, 5.74) is 0. The van der Waals surface area contributed by atoms with Crippen LogP contribution >= 0.6 is 0 Å². The van der Waals surface area contributed by atoms with Crippen molar-refractivity contribution in [3.63, 3.8) is 0 Å². The third-order valence-electron chi connectivity index (χ3n) is 3.93. The number of ether oxygens (including phenoxy) is 1. The van der Waals surface area contributed by atoms with Crippen LogP contribution in [0, 0.1) is 17.8 Å². The van der Waals surface area contributed by atoms with Gasteiger partial charge in [0.1, 0.15) is 0 Å². The third kappa shape index (κ3) is 2.03. The summed E-state index contributed by atoms with van der Waals surface area (Å²) in [4.78, 5) is 11.2. The predicted molar refractivity (Wildman–Crippen MR) is 56.6 cm³/mol. The first-order valence-electron chi connectivity index (χ1n) is 6.08. The van der Waals surface area contributed by atoms with Gasteiger partial charge in [-0.15, -0.1) is 0 Å². The molecule has 3 nitrogen and oxygen atoms in total. The molecule has 1 N–H and O–H groups in total. The van der Waals surface area contributed by atoms with Crippen molar-refractivity contribution in [1.29, 1.82) is 0 Å². The molecule has 2 fully saturated rings. The van der Waals surface area contributed by atoms with Crippen molar-refractivity contribution in [2.75, 3.05) is 6.61 Å². The number of fused-ring (bicyclic) bond motifs is 2. The molecule has 0 heterocycles. The maximum absolute atomic E-state index is 11.2. The van der Waals surface area contributed by atoms with E-state index in [1.807, 2.05) is 0 Å². The van der Waals surface area contributed by atoms with Crippen LogP contribution in [0.3, 0.4) is 0 Å². The Morgan fingerprint density at radius 1 is 1.40 bits per heavy atom. The first-order valence-corrected chi connectivity index (χ1v) is 6.08. The second-order valence-corrected chi connectivity index (χ2v) is 4.89. The number of unbranched alkanes of at least 4 members (excludes halogenated alkanes) is 1. The Morgan fingerprint density at radius 2 is 2.13 bits per heavy atom. The van der Waals surface area contributed by atoms with Crippen molar-refractivity contribution >= 4 is 5.97 Å². The van der Waals surface area contributed by atoms with E-state index in [0.29, 0.717) is 11.8 Å². The molecule has 0 amide bonds. The summed E-state index contributed by atoms with van der Waals surface area (Å²) in [6, 6.07) is 0. The molecule has 2 saturated carbocycles. The van der Waals surface area contributed by atoms with Gasteiger partial charge in [0.05, 0.1) is 12.0 Å². The fourth-order valence-electron chi connectivity index (χ4n) is 3.18. The first-order chi connectivity index (χ1) is 7.24. The number of carboxylic acid groups (broad SMARTS) is 1. The van der Waals surface area contributed by atoms with Crippen molar-refractivity contribution in [2.45, 2.75) is 45.1 Å². The van der Waals surface area contributed by atoms with Crippen LogP contribution in [0.5, 0.6) is 0 Å². The van der Waals surface area contributed by atoms with Gasteiger partial charge >= 0.3 is 5.97 Å². The molecule has 86 valence electrons. The average Bonchev–Trinajstić information content (AvgIpc) is 2.77. The molecule has 0 aromatic carbocycles. The molecule has 0 aliphatic heterocycles. The van der Waals surface area contributed by atoms with Gasteiger partial charge in [-0.05, 0) is 37.5 Å². The molecule has 2 aliphatic rings. The van der Waals surface area contributed by atoms with Crippen molar-refractivity contribution < 1.29 is 14.6 Å². The Kier molecular flexibility index (Phi) is 3.29. The minimum atomic E-state index is -0.649. The molecule has 15 heavy (non-hydrogen) atoms. The van der Waals surface area contributed by atoms with Crippen molar-refractivity contribution in [3.8, 4) is 0 Å². The van der Waals surface area contributed by atoms with Gasteiger partial charge in [-0.2, -0.15) is 0 Å². The third-order valence-corrected chi connectivity index (χ3v) is 3.93. The molecule has 0 radical (unpaired) electrons. The van der Waals surface area contributed by atoms with E-state index in [0.717, 1.165) is 32.3 Å². The highest BCUT2D eigenvalue weighted by Gasteiger charge is 2.51. The Bertz CT molecular complexity index is 239. The van der Waals surface area contributed by atoms with Crippen LogP contribution in [0.4, 0.5) is 0 Å². The summed E-state index contributed by atoms with van der Waals surface area (Å²) in [5.74, 6) is 0.0383. The highest BCUT2D eigenvalue weighted by atomic mass is 16.5. The van der Waals surface area contributed by atoms with E-state index in [2.05, 4.69) is 6.92 Å². The normalized spacial score (nSPS) is 38.5. The van der Waals surface area contributed by atoms with Gasteiger partial charge in [0, 0.05) is 6.61 Å². The zero-order valence-electron chi connectivity index (χ0n) is 9.32. The summed E-state index contributed by atoms with van der Waals surface area (Å²) in [5, 5.41) is 9.18. The fraction of sp³-hybridized carbons (Fsp3) is 0.917. The Hall–Kier alpha value is -0.570. The monoisotopic (exact) mass is 212 g/mol. The van der Waals surface area contributed by atoms with Crippen molar-refractivity contribution in [1.82, 2.24) is 0 Å². The van der Waals surface area contributed by atoms with E-state index >= 15 is 0 Å². The van der Waals surface area contributed by atoms with Gasteiger partial charge in [0.25, 0.3) is 0 Å². The molecule has 2 rings (SSSR count). The summed E-state index contributed by atoms with van der Waals surface area (Å²) < 4.78 is 5.77. The van der Waals surface area contributed by atoms with Crippen LogP contribution in [0.2, 0.25) is 0 Å². The molecule has 0 aromatic rings. The lowest BCUT2D eigenvalue weighted by molar-refractivity contribution is -0.150. The van der Waals surface area contributed by atoms with Crippen LogP contribution in [0.1, 0.15) is 39.0 Å². The standard InChI is InChI=1S/C12H20O3/c1-2-3-6-15-11-9-5-4-8(7-9)10(11)12(13)14/h8-11H,2-7H2,1H3,(H,13,14). The van der Waals surface area contributed by atoms with E-state index in [1.54, 1.807) is 0 Å².